The predicted molar refractivity (Wildman–Crippen MR) is 81.2 cm³/mol. The number of aromatic nitrogens is 1. The van der Waals surface area contributed by atoms with Gasteiger partial charge in [-0.25, -0.2) is 4.98 Å². The highest BCUT2D eigenvalue weighted by atomic mass is 35.5. The summed E-state index contributed by atoms with van der Waals surface area (Å²) in [6.45, 7) is 1.42. The van der Waals surface area contributed by atoms with Crippen molar-refractivity contribution in [1.82, 2.24) is 9.88 Å². The third kappa shape index (κ3) is 4.82. The third-order valence-corrected chi connectivity index (χ3v) is 3.21. The summed E-state index contributed by atoms with van der Waals surface area (Å²) >= 11 is 5.86. The molecular formula is C15H19ClN2O3. The summed E-state index contributed by atoms with van der Waals surface area (Å²) < 4.78 is 10.4. The smallest absolute Gasteiger partial charge is 0.226 e. The molecule has 0 spiro atoms. The number of hydrogen-bond acceptors (Lipinski definition) is 5. The van der Waals surface area contributed by atoms with Crippen LogP contribution in [0.1, 0.15) is 5.69 Å². The molecule has 0 saturated heterocycles. The molecule has 0 radical (unpaired) electrons. The van der Waals surface area contributed by atoms with Gasteiger partial charge in [-0.05, 0) is 31.3 Å². The van der Waals surface area contributed by atoms with Gasteiger partial charge in [0.15, 0.2) is 0 Å². The number of aliphatic hydroxyl groups excluding tert-OH is 1. The lowest BCUT2D eigenvalue weighted by atomic mass is 10.2. The van der Waals surface area contributed by atoms with E-state index in [2.05, 4.69) is 4.98 Å². The van der Waals surface area contributed by atoms with E-state index in [1.165, 1.54) is 0 Å². The molecule has 2 rings (SSSR count). The van der Waals surface area contributed by atoms with Crippen LogP contribution in [-0.4, -0.2) is 48.4 Å². The lowest BCUT2D eigenvalue weighted by Crippen LogP contribution is -2.31. The zero-order valence-electron chi connectivity index (χ0n) is 12.1. The molecule has 0 bridgehead atoms. The Labute approximate surface area is 129 Å². The molecule has 0 aliphatic rings. The molecule has 1 atom stereocenters. The van der Waals surface area contributed by atoms with Crippen molar-refractivity contribution < 1.29 is 14.3 Å². The molecule has 1 heterocycles. The van der Waals surface area contributed by atoms with E-state index in [-0.39, 0.29) is 0 Å². The van der Waals surface area contributed by atoms with Crippen LogP contribution in [-0.2, 0) is 11.3 Å². The van der Waals surface area contributed by atoms with Crippen LogP contribution in [0.5, 0.6) is 0 Å². The summed E-state index contributed by atoms with van der Waals surface area (Å²) in [7, 11) is 3.48. The fourth-order valence-corrected chi connectivity index (χ4v) is 2.18. The molecule has 0 amide bonds. The Bertz CT molecular complexity index is 556. The lowest BCUT2D eigenvalue weighted by molar-refractivity contribution is 0.0416. The van der Waals surface area contributed by atoms with Crippen molar-refractivity contribution in [1.29, 1.82) is 0 Å². The molecule has 114 valence electrons. The monoisotopic (exact) mass is 310 g/mol. The molecule has 0 saturated carbocycles. The molecule has 21 heavy (non-hydrogen) atoms. The predicted octanol–water partition coefficient (Wildman–Crippen LogP) is 2.43. The van der Waals surface area contributed by atoms with Crippen LogP contribution in [0.15, 0.2) is 34.9 Å². The number of aliphatic hydroxyl groups is 1. The van der Waals surface area contributed by atoms with Crippen molar-refractivity contribution in [3.05, 3.63) is 41.2 Å². The van der Waals surface area contributed by atoms with Gasteiger partial charge < -0.3 is 14.3 Å². The number of halogens is 1. The van der Waals surface area contributed by atoms with Gasteiger partial charge in [-0.1, -0.05) is 11.6 Å². The Hall–Kier alpha value is -1.40. The molecule has 1 N–H and O–H groups in total. The van der Waals surface area contributed by atoms with E-state index in [0.717, 1.165) is 11.3 Å². The Morgan fingerprint density at radius 1 is 1.38 bits per heavy atom. The Kier molecular flexibility index (Phi) is 5.76. The standard InChI is InChI=1S/C15H19ClN2O3/c1-18(8-14(19)10-20-2)7-13-9-21-15(17-13)11-3-5-12(16)6-4-11/h3-6,9,14,19H,7-8,10H2,1-2H3. The SMILES string of the molecule is COCC(O)CN(C)Cc1coc(-c2ccc(Cl)cc2)n1. The summed E-state index contributed by atoms with van der Waals surface area (Å²) in [5.41, 5.74) is 1.69. The highest BCUT2D eigenvalue weighted by Crippen LogP contribution is 2.21. The van der Waals surface area contributed by atoms with E-state index in [0.29, 0.717) is 30.6 Å². The van der Waals surface area contributed by atoms with Crippen molar-refractivity contribution in [2.45, 2.75) is 12.6 Å². The van der Waals surface area contributed by atoms with Gasteiger partial charge in [-0.15, -0.1) is 0 Å². The minimum atomic E-state index is -0.511. The number of oxazole rings is 1. The minimum absolute atomic E-state index is 0.319. The molecule has 0 aliphatic carbocycles. The van der Waals surface area contributed by atoms with Gasteiger partial charge in [-0.3, -0.25) is 4.90 Å². The summed E-state index contributed by atoms with van der Waals surface area (Å²) in [6.07, 6.45) is 1.12. The van der Waals surface area contributed by atoms with Gasteiger partial charge >= 0.3 is 0 Å². The topological polar surface area (TPSA) is 58.7 Å². The third-order valence-electron chi connectivity index (χ3n) is 2.96. The fraction of sp³-hybridized carbons (Fsp3) is 0.400. The van der Waals surface area contributed by atoms with E-state index in [9.17, 15) is 5.11 Å². The van der Waals surface area contributed by atoms with Crippen molar-refractivity contribution in [2.24, 2.45) is 0 Å². The second-order valence-corrected chi connectivity index (χ2v) is 5.39. The lowest BCUT2D eigenvalue weighted by Gasteiger charge is -2.18. The zero-order valence-corrected chi connectivity index (χ0v) is 12.9. The molecule has 0 aliphatic heterocycles. The van der Waals surface area contributed by atoms with Crippen molar-refractivity contribution in [3.8, 4) is 11.5 Å². The van der Waals surface area contributed by atoms with Crippen LogP contribution in [0.4, 0.5) is 0 Å². The van der Waals surface area contributed by atoms with Gasteiger partial charge in [0.2, 0.25) is 5.89 Å². The van der Waals surface area contributed by atoms with E-state index in [1.54, 1.807) is 25.5 Å². The number of benzene rings is 1. The first kappa shape index (κ1) is 16.0. The molecule has 1 unspecified atom stereocenters. The van der Waals surface area contributed by atoms with Crippen LogP contribution < -0.4 is 0 Å². The van der Waals surface area contributed by atoms with E-state index >= 15 is 0 Å². The van der Waals surface area contributed by atoms with E-state index < -0.39 is 6.10 Å². The van der Waals surface area contributed by atoms with Gasteiger partial charge in [0.25, 0.3) is 0 Å². The molecule has 6 heteroatoms. The Balaban J connectivity index is 1.95. The number of nitrogens with zero attached hydrogens (tertiary/aromatic N) is 2. The summed E-state index contributed by atoms with van der Waals surface area (Å²) in [6, 6.07) is 7.33. The number of methoxy groups -OCH3 is 1. The average molecular weight is 311 g/mol. The highest BCUT2D eigenvalue weighted by Gasteiger charge is 2.12. The minimum Gasteiger partial charge on any atom is -0.444 e. The van der Waals surface area contributed by atoms with Gasteiger partial charge in [0, 0.05) is 30.8 Å². The normalized spacial score (nSPS) is 12.8. The summed E-state index contributed by atoms with van der Waals surface area (Å²) in [4.78, 5) is 6.40. The van der Waals surface area contributed by atoms with Crippen LogP contribution in [0.3, 0.4) is 0 Å². The van der Waals surface area contributed by atoms with Crippen molar-refractivity contribution >= 4 is 11.6 Å². The van der Waals surface area contributed by atoms with Gasteiger partial charge in [-0.2, -0.15) is 0 Å². The average Bonchev–Trinajstić information content (AvgIpc) is 2.88. The summed E-state index contributed by atoms with van der Waals surface area (Å²) in [5, 5.41) is 10.4. The first-order valence-corrected chi connectivity index (χ1v) is 7.02. The molecular weight excluding hydrogens is 292 g/mol. The van der Waals surface area contributed by atoms with Crippen LogP contribution in [0, 0.1) is 0 Å². The van der Waals surface area contributed by atoms with E-state index in [1.807, 2.05) is 24.1 Å². The fourth-order valence-electron chi connectivity index (χ4n) is 2.05. The first-order chi connectivity index (χ1) is 10.1. The largest absolute Gasteiger partial charge is 0.444 e. The molecule has 5 nitrogen and oxygen atoms in total. The van der Waals surface area contributed by atoms with Crippen molar-refractivity contribution in [3.63, 3.8) is 0 Å². The molecule has 2 aromatic rings. The Morgan fingerprint density at radius 2 is 2.10 bits per heavy atom. The van der Waals surface area contributed by atoms with E-state index in [4.69, 9.17) is 20.8 Å². The highest BCUT2D eigenvalue weighted by molar-refractivity contribution is 6.30. The first-order valence-electron chi connectivity index (χ1n) is 6.64. The Morgan fingerprint density at radius 3 is 2.76 bits per heavy atom. The van der Waals surface area contributed by atoms with Crippen LogP contribution in [0.2, 0.25) is 5.02 Å². The number of rotatable bonds is 7. The molecule has 0 fully saturated rings. The second-order valence-electron chi connectivity index (χ2n) is 4.96. The molecule has 1 aromatic carbocycles. The van der Waals surface area contributed by atoms with Crippen LogP contribution in [0.25, 0.3) is 11.5 Å². The number of ether oxygens (including phenoxy) is 1. The maximum absolute atomic E-state index is 9.68. The quantitative estimate of drug-likeness (QED) is 0.851. The van der Waals surface area contributed by atoms with Gasteiger partial charge in [0.05, 0.1) is 18.4 Å². The van der Waals surface area contributed by atoms with Gasteiger partial charge in [0.1, 0.15) is 6.26 Å². The van der Waals surface area contributed by atoms with Crippen LogP contribution >= 0.6 is 11.6 Å². The molecule has 1 aromatic heterocycles. The zero-order chi connectivity index (χ0) is 15.2. The number of hydrogen-bond donors (Lipinski definition) is 1. The summed E-state index contributed by atoms with van der Waals surface area (Å²) in [5.74, 6) is 0.563. The van der Waals surface area contributed by atoms with Crippen molar-refractivity contribution in [2.75, 3.05) is 27.3 Å². The maximum atomic E-state index is 9.68. The second kappa shape index (κ2) is 7.56. The maximum Gasteiger partial charge on any atom is 0.226 e. The number of likely N-dealkylation sites (N-methyl/N-ethyl adjacent to an activating group) is 1.